The van der Waals surface area contributed by atoms with Crippen LogP contribution >= 0.6 is 11.3 Å². The zero-order valence-electron chi connectivity index (χ0n) is 12.3. The topological polar surface area (TPSA) is 51.7 Å². The molecule has 6 heteroatoms. The summed E-state index contributed by atoms with van der Waals surface area (Å²) < 4.78 is 10.4. The number of rotatable bonds is 6. The molecule has 0 aliphatic heterocycles. The van der Waals surface area contributed by atoms with Crippen LogP contribution in [0, 0.1) is 0 Å². The highest BCUT2D eigenvalue weighted by Gasteiger charge is 2.14. The number of hydrogen-bond acceptors (Lipinski definition) is 5. The van der Waals surface area contributed by atoms with Crippen LogP contribution in [0.1, 0.15) is 15.4 Å². The van der Waals surface area contributed by atoms with E-state index < -0.39 is 0 Å². The Labute approximate surface area is 128 Å². The van der Waals surface area contributed by atoms with Crippen LogP contribution in [0.5, 0.6) is 11.5 Å². The molecular formula is C15H18N2O3S. The quantitative estimate of drug-likeness (QED) is 0.823. The first-order chi connectivity index (χ1) is 10.2. The summed E-state index contributed by atoms with van der Waals surface area (Å²) in [6.07, 6.45) is 2.53. The molecule has 0 atom stereocenters. The monoisotopic (exact) mass is 306 g/mol. The van der Waals surface area contributed by atoms with Crippen molar-refractivity contribution in [1.29, 1.82) is 0 Å². The smallest absolute Gasteiger partial charge is 0.253 e. The second kappa shape index (κ2) is 7.08. The van der Waals surface area contributed by atoms with Gasteiger partial charge in [0.2, 0.25) is 0 Å². The number of methoxy groups -OCH3 is 2. The summed E-state index contributed by atoms with van der Waals surface area (Å²) >= 11 is 1.60. The lowest BCUT2D eigenvalue weighted by Gasteiger charge is -2.17. The number of ether oxygens (including phenoxy) is 2. The van der Waals surface area contributed by atoms with Gasteiger partial charge in [-0.1, -0.05) is 0 Å². The Morgan fingerprint density at radius 2 is 2.05 bits per heavy atom. The van der Waals surface area contributed by atoms with Gasteiger partial charge in [-0.05, 0) is 18.2 Å². The van der Waals surface area contributed by atoms with Crippen molar-refractivity contribution in [3.05, 3.63) is 40.3 Å². The van der Waals surface area contributed by atoms with E-state index >= 15 is 0 Å². The third-order valence-corrected chi connectivity index (χ3v) is 3.96. The first-order valence-corrected chi connectivity index (χ1v) is 7.39. The van der Waals surface area contributed by atoms with Gasteiger partial charge in [-0.3, -0.25) is 4.79 Å². The van der Waals surface area contributed by atoms with Gasteiger partial charge >= 0.3 is 0 Å². The van der Waals surface area contributed by atoms with Gasteiger partial charge in [0, 0.05) is 37.2 Å². The molecule has 0 N–H and O–H groups in total. The number of likely N-dealkylation sites (N-methyl/N-ethyl adjacent to an activating group) is 1. The highest BCUT2D eigenvalue weighted by Crippen LogP contribution is 2.27. The van der Waals surface area contributed by atoms with Crippen LogP contribution in [0.3, 0.4) is 0 Å². The summed E-state index contributed by atoms with van der Waals surface area (Å²) in [5.74, 6) is 1.11. The molecule has 0 unspecified atom stereocenters. The van der Waals surface area contributed by atoms with Crippen LogP contribution in [0.15, 0.2) is 29.8 Å². The minimum absolute atomic E-state index is 0.0486. The fraction of sp³-hybridized carbons (Fsp3) is 0.333. The van der Waals surface area contributed by atoms with Gasteiger partial charge in [0.25, 0.3) is 5.91 Å². The fourth-order valence-electron chi connectivity index (χ4n) is 1.93. The van der Waals surface area contributed by atoms with Crippen molar-refractivity contribution in [2.45, 2.75) is 6.42 Å². The van der Waals surface area contributed by atoms with Crippen LogP contribution in [0.25, 0.3) is 0 Å². The minimum Gasteiger partial charge on any atom is -0.493 e. The summed E-state index contributed by atoms with van der Waals surface area (Å²) in [7, 11) is 4.91. The lowest BCUT2D eigenvalue weighted by molar-refractivity contribution is 0.0796. The molecule has 112 valence electrons. The largest absolute Gasteiger partial charge is 0.493 e. The third kappa shape index (κ3) is 3.72. The van der Waals surface area contributed by atoms with E-state index in [0.29, 0.717) is 23.6 Å². The summed E-state index contributed by atoms with van der Waals surface area (Å²) in [4.78, 5) is 18.3. The molecule has 0 fully saturated rings. The van der Waals surface area contributed by atoms with E-state index in [1.54, 1.807) is 61.9 Å². The number of thiazole rings is 1. The first-order valence-electron chi connectivity index (χ1n) is 6.51. The van der Waals surface area contributed by atoms with Crippen LogP contribution in [0.4, 0.5) is 0 Å². The molecule has 1 aromatic heterocycles. The molecule has 0 aliphatic rings. The molecule has 2 aromatic rings. The normalized spacial score (nSPS) is 10.2. The molecule has 1 heterocycles. The Kier molecular flexibility index (Phi) is 5.16. The van der Waals surface area contributed by atoms with Crippen molar-refractivity contribution in [2.75, 3.05) is 27.8 Å². The molecule has 21 heavy (non-hydrogen) atoms. The van der Waals surface area contributed by atoms with Crippen LogP contribution in [-0.4, -0.2) is 43.6 Å². The van der Waals surface area contributed by atoms with E-state index in [1.165, 1.54) is 0 Å². The Morgan fingerprint density at radius 1 is 1.29 bits per heavy atom. The highest BCUT2D eigenvalue weighted by molar-refractivity contribution is 7.09. The molecule has 5 nitrogen and oxygen atoms in total. The molecule has 1 amide bonds. The van der Waals surface area contributed by atoms with Crippen molar-refractivity contribution in [3.8, 4) is 11.5 Å². The maximum atomic E-state index is 12.4. The number of amides is 1. The maximum Gasteiger partial charge on any atom is 0.253 e. The first kappa shape index (κ1) is 15.3. The second-order valence-corrected chi connectivity index (χ2v) is 5.45. The van der Waals surface area contributed by atoms with E-state index in [-0.39, 0.29) is 5.91 Å². The highest BCUT2D eigenvalue weighted by atomic mass is 32.1. The Balaban J connectivity index is 2.04. The Hall–Kier alpha value is -2.08. The van der Waals surface area contributed by atoms with Crippen molar-refractivity contribution in [1.82, 2.24) is 9.88 Å². The number of aromatic nitrogens is 1. The Morgan fingerprint density at radius 3 is 2.67 bits per heavy atom. The van der Waals surface area contributed by atoms with Crippen molar-refractivity contribution in [3.63, 3.8) is 0 Å². The average molecular weight is 306 g/mol. The maximum absolute atomic E-state index is 12.4. The van der Waals surface area contributed by atoms with Gasteiger partial charge in [-0.2, -0.15) is 0 Å². The van der Waals surface area contributed by atoms with Crippen molar-refractivity contribution < 1.29 is 14.3 Å². The molecule has 0 bridgehead atoms. The van der Waals surface area contributed by atoms with Gasteiger partial charge in [-0.25, -0.2) is 4.98 Å². The Bertz CT molecular complexity index is 599. The summed E-state index contributed by atoms with van der Waals surface area (Å²) in [6, 6.07) is 5.17. The minimum atomic E-state index is -0.0486. The van der Waals surface area contributed by atoms with E-state index in [0.717, 1.165) is 11.4 Å². The molecule has 0 saturated heterocycles. The molecule has 0 spiro atoms. The third-order valence-electron chi connectivity index (χ3n) is 3.12. The summed E-state index contributed by atoms with van der Waals surface area (Å²) in [6.45, 7) is 0.626. The molecular weight excluding hydrogens is 288 g/mol. The SMILES string of the molecule is COc1ccc(C(=O)N(C)CCc2nccs2)cc1OC. The predicted octanol–water partition coefficient (Wildman–Crippen LogP) is 2.48. The average Bonchev–Trinajstić information content (AvgIpc) is 3.04. The van der Waals surface area contributed by atoms with Crippen LogP contribution in [0.2, 0.25) is 0 Å². The van der Waals surface area contributed by atoms with Gasteiger partial charge < -0.3 is 14.4 Å². The molecule has 0 aliphatic carbocycles. The van der Waals surface area contributed by atoms with E-state index in [9.17, 15) is 4.79 Å². The molecule has 0 radical (unpaired) electrons. The van der Waals surface area contributed by atoms with Gasteiger partial charge in [-0.15, -0.1) is 11.3 Å². The second-order valence-electron chi connectivity index (χ2n) is 4.47. The van der Waals surface area contributed by atoms with E-state index in [2.05, 4.69) is 4.98 Å². The van der Waals surface area contributed by atoms with E-state index in [1.807, 2.05) is 5.38 Å². The standard InChI is InChI=1S/C15H18N2O3S/c1-17(8-6-14-16-7-9-21-14)15(18)11-4-5-12(19-2)13(10-11)20-3/h4-5,7,9-10H,6,8H2,1-3H3. The summed E-state index contributed by atoms with van der Waals surface area (Å²) in [5.41, 5.74) is 0.578. The van der Waals surface area contributed by atoms with Gasteiger partial charge in [0.1, 0.15) is 0 Å². The molecule has 0 saturated carbocycles. The molecule has 1 aromatic carbocycles. The molecule has 2 rings (SSSR count). The number of carbonyl (C=O) groups is 1. The number of carbonyl (C=O) groups excluding carboxylic acids is 1. The van der Waals surface area contributed by atoms with Gasteiger partial charge in [0.05, 0.1) is 19.2 Å². The number of hydrogen-bond donors (Lipinski definition) is 0. The van der Waals surface area contributed by atoms with Crippen molar-refractivity contribution in [2.24, 2.45) is 0 Å². The predicted molar refractivity (Wildman–Crippen MR) is 82.3 cm³/mol. The van der Waals surface area contributed by atoms with Gasteiger partial charge in [0.15, 0.2) is 11.5 Å². The zero-order valence-corrected chi connectivity index (χ0v) is 13.1. The number of benzene rings is 1. The number of nitrogens with zero attached hydrogens (tertiary/aromatic N) is 2. The van der Waals surface area contributed by atoms with Crippen molar-refractivity contribution >= 4 is 17.2 Å². The fourth-order valence-corrected chi connectivity index (χ4v) is 2.54. The lowest BCUT2D eigenvalue weighted by Crippen LogP contribution is -2.28. The van der Waals surface area contributed by atoms with Crippen LogP contribution in [-0.2, 0) is 6.42 Å². The zero-order chi connectivity index (χ0) is 15.2. The van der Waals surface area contributed by atoms with E-state index in [4.69, 9.17) is 9.47 Å². The lowest BCUT2D eigenvalue weighted by atomic mass is 10.1. The summed E-state index contributed by atoms with van der Waals surface area (Å²) in [5, 5.41) is 2.97. The van der Waals surface area contributed by atoms with Crippen LogP contribution < -0.4 is 9.47 Å².